The summed E-state index contributed by atoms with van der Waals surface area (Å²) in [6, 6.07) is 12.8. The number of amides is 1. The molecule has 3 aromatic rings. The highest BCUT2D eigenvalue weighted by Gasteiger charge is 2.13. The number of carbonyl (C=O) groups is 2. The fourth-order valence-corrected chi connectivity index (χ4v) is 3.88. The summed E-state index contributed by atoms with van der Waals surface area (Å²) in [7, 11) is 2.92. The summed E-state index contributed by atoms with van der Waals surface area (Å²) >= 11 is 1.33. The lowest BCUT2D eigenvalue weighted by atomic mass is 10.1. The van der Waals surface area contributed by atoms with E-state index in [0.717, 1.165) is 27.3 Å². The van der Waals surface area contributed by atoms with Crippen molar-refractivity contribution in [2.75, 3.05) is 20.8 Å². The Kier molecular flexibility index (Phi) is 6.66. The van der Waals surface area contributed by atoms with Gasteiger partial charge in [-0.1, -0.05) is 23.5 Å². The van der Waals surface area contributed by atoms with Gasteiger partial charge in [0.1, 0.15) is 18.0 Å². The van der Waals surface area contributed by atoms with Gasteiger partial charge in [-0.2, -0.15) is 4.99 Å². The topological polar surface area (TPSA) is 79.1 Å². The first kappa shape index (κ1) is 20.6. The first-order chi connectivity index (χ1) is 14.0. The Morgan fingerprint density at radius 2 is 1.79 bits per heavy atom. The largest absolute Gasteiger partial charge is 0.497 e. The Morgan fingerprint density at radius 1 is 1.07 bits per heavy atom. The molecule has 0 saturated carbocycles. The van der Waals surface area contributed by atoms with E-state index in [2.05, 4.69) is 4.99 Å². The molecule has 0 unspecified atom stereocenters. The molecule has 1 heterocycles. The second kappa shape index (κ2) is 9.38. The number of hydrogen-bond acceptors (Lipinski definition) is 6. The van der Waals surface area contributed by atoms with Crippen LogP contribution in [0.15, 0.2) is 47.5 Å². The average Bonchev–Trinajstić information content (AvgIpc) is 3.04. The summed E-state index contributed by atoms with van der Waals surface area (Å²) in [4.78, 5) is 29.1. The number of benzene rings is 2. The van der Waals surface area contributed by atoms with Crippen LogP contribution in [-0.2, 0) is 27.3 Å². The first-order valence-corrected chi connectivity index (χ1v) is 9.89. The Labute approximate surface area is 172 Å². The summed E-state index contributed by atoms with van der Waals surface area (Å²) in [5.74, 6) is 0.735. The van der Waals surface area contributed by atoms with Gasteiger partial charge in [-0.3, -0.25) is 9.59 Å². The van der Waals surface area contributed by atoms with Crippen molar-refractivity contribution in [1.29, 1.82) is 0 Å². The van der Waals surface area contributed by atoms with Gasteiger partial charge in [0.2, 0.25) is 0 Å². The predicted molar refractivity (Wildman–Crippen MR) is 110 cm³/mol. The van der Waals surface area contributed by atoms with Crippen LogP contribution in [0.4, 0.5) is 0 Å². The van der Waals surface area contributed by atoms with Crippen molar-refractivity contribution < 1.29 is 23.8 Å². The predicted octanol–water partition coefficient (Wildman–Crippen LogP) is 2.95. The highest BCUT2D eigenvalue weighted by atomic mass is 32.1. The molecule has 7 nitrogen and oxygen atoms in total. The van der Waals surface area contributed by atoms with Gasteiger partial charge in [0, 0.05) is 0 Å². The van der Waals surface area contributed by atoms with Crippen molar-refractivity contribution >= 4 is 33.4 Å². The van der Waals surface area contributed by atoms with Crippen molar-refractivity contribution in [3.8, 4) is 11.5 Å². The number of thiazole rings is 1. The van der Waals surface area contributed by atoms with Crippen molar-refractivity contribution in [3.63, 3.8) is 0 Å². The third-order valence-electron chi connectivity index (χ3n) is 4.21. The Balaban J connectivity index is 1.96. The molecule has 0 aliphatic heterocycles. The Morgan fingerprint density at radius 3 is 2.45 bits per heavy atom. The molecule has 0 radical (unpaired) electrons. The van der Waals surface area contributed by atoms with Crippen LogP contribution in [-0.4, -0.2) is 37.3 Å². The first-order valence-electron chi connectivity index (χ1n) is 9.07. The van der Waals surface area contributed by atoms with Crippen molar-refractivity contribution in [2.45, 2.75) is 19.9 Å². The number of aromatic nitrogens is 1. The van der Waals surface area contributed by atoms with Crippen LogP contribution in [0.1, 0.15) is 12.5 Å². The monoisotopic (exact) mass is 414 g/mol. The second-order valence-corrected chi connectivity index (χ2v) is 7.15. The normalized spacial score (nSPS) is 11.5. The van der Waals surface area contributed by atoms with Crippen LogP contribution >= 0.6 is 11.3 Å². The van der Waals surface area contributed by atoms with Crippen molar-refractivity contribution in [1.82, 2.24) is 4.57 Å². The lowest BCUT2D eigenvalue weighted by Crippen LogP contribution is -2.22. The SMILES string of the molecule is CCOc1ccc2c(c1)sc(=NC(=O)Cc1ccc(OC)cc1)n2CC(=O)OC. The molecular weight excluding hydrogens is 392 g/mol. The zero-order chi connectivity index (χ0) is 20.8. The van der Waals surface area contributed by atoms with E-state index in [1.165, 1.54) is 18.4 Å². The molecule has 2 aromatic carbocycles. The van der Waals surface area contributed by atoms with Crippen LogP contribution in [0.3, 0.4) is 0 Å². The number of fused-ring (bicyclic) bond motifs is 1. The summed E-state index contributed by atoms with van der Waals surface area (Å²) < 4.78 is 18.0. The summed E-state index contributed by atoms with van der Waals surface area (Å²) in [5, 5.41) is 0. The number of esters is 1. The minimum Gasteiger partial charge on any atom is -0.497 e. The van der Waals surface area contributed by atoms with E-state index >= 15 is 0 Å². The molecule has 1 amide bonds. The van der Waals surface area contributed by atoms with Gasteiger partial charge in [0.15, 0.2) is 4.80 Å². The lowest BCUT2D eigenvalue weighted by molar-refractivity contribution is -0.141. The van der Waals surface area contributed by atoms with Gasteiger partial charge in [0.05, 0.1) is 37.5 Å². The molecule has 0 aliphatic rings. The van der Waals surface area contributed by atoms with Crippen LogP contribution in [0.2, 0.25) is 0 Å². The molecule has 0 saturated heterocycles. The molecule has 0 aliphatic carbocycles. The molecule has 1 aromatic heterocycles. The van der Waals surface area contributed by atoms with Gasteiger partial charge < -0.3 is 18.8 Å². The van der Waals surface area contributed by atoms with Crippen LogP contribution in [0.5, 0.6) is 11.5 Å². The molecular formula is C21H22N2O5S. The smallest absolute Gasteiger partial charge is 0.325 e. The third kappa shape index (κ3) is 5.03. The number of ether oxygens (including phenoxy) is 3. The zero-order valence-electron chi connectivity index (χ0n) is 16.5. The Bertz CT molecular complexity index is 1080. The van der Waals surface area contributed by atoms with E-state index in [9.17, 15) is 9.59 Å². The maximum atomic E-state index is 12.5. The maximum Gasteiger partial charge on any atom is 0.325 e. The number of methoxy groups -OCH3 is 2. The number of rotatable bonds is 7. The third-order valence-corrected chi connectivity index (χ3v) is 5.26. The highest BCUT2D eigenvalue weighted by molar-refractivity contribution is 7.16. The Hall–Kier alpha value is -3.13. The molecule has 152 valence electrons. The molecule has 3 rings (SSSR count). The van der Waals surface area contributed by atoms with Gasteiger partial charge in [-0.25, -0.2) is 0 Å². The van der Waals surface area contributed by atoms with E-state index < -0.39 is 5.97 Å². The fourth-order valence-electron chi connectivity index (χ4n) is 2.81. The summed E-state index contributed by atoms with van der Waals surface area (Å²) in [6.07, 6.45) is 0.153. The molecule has 0 bridgehead atoms. The quantitative estimate of drug-likeness (QED) is 0.556. The standard InChI is InChI=1S/C21H22N2O5S/c1-4-28-16-9-10-17-18(12-16)29-21(23(17)13-20(25)27-3)22-19(24)11-14-5-7-15(26-2)8-6-14/h5-10,12H,4,11,13H2,1-3H3. The van der Waals surface area contributed by atoms with E-state index in [1.807, 2.05) is 37.3 Å². The van der Waals surface area contributed by atoms with E-state index in [1.54, 1.807) is 23.8 Å². The minimum absolute atomic E-state index is 0.0286. The van der Waals surface area contributed by atoms with Gasteiger partial charge in [0.25, 0.3) is 5.91 Å². The van der Waals surface area contributed by atoms with Crippen LogP contribution in [0, 0.1) is 0 Å². The molecule has 0 atom stereocenters. The zero-order valence-corrected chi connectivity index (χ0v) is 17.3. The van der Waals surface area contributed by atoms with Gasteiger partial charge in [-0.15, -0.1) is 0 Å². The lowest BCUT2D eigenvalue weighted by Gasteiger charge is -2.05. The van der Waals surface area contributed by atoms with Crippen molar-refractivity contribution in [2.24, 2.45) is 4.99 Å². The van der Waals surface area contributed by atoms with E-state index in [4.69, 9.17) is 14.2 Å². The molecule has 0 fully saturated rings. The number of hydrogen-bond donors (Lipinski definition) is 0. The van der Waals surface area contributed by atoms with Crippen LogP contribution < -0.4 is 14.3 Å². The van der Waals surface area contributed by atoms with Crippen LogP contribution in [0.25, 0.3) is 10.2 Å². The van der Waals surface area contributed by atoms with Crippen molar-refractivity contribution in [3.05, 3.63) is 52.8 Å². The van der Waals surface area contributed by atoms with E-state index in [-0.39, 0.29) is 18.9 Å². The average molecular weight is 414 g/mol. The minimum atomic E-state index is -0.414. The fraction of sp³-hybridized carbons (Fsp3) is 0.286. The highest BCUT2D eigenvalue weighted by Crippen LogP contribution is 2.23. The number of carbonyl (C=O) groups excluding carboxylic acids is 2. The summed E-state index contributed by atoms with van der Waals surface area (Å²) in [5.41, 5.74) is 1.62. The number of nitrogens with zero attached hydrogens (tertiary/aromatic N) is 2. The van der Waals surface area contributed by atoms with Gasteiger partial charge in [-0.05, 0) is 42.8 Å². The molecule has 29 heavy (non-hydrogen) atoms. The molecule has 0 N–H and O–H groups in total. The molecule has 0 spiro atoms. The second-order valence-electron chi connectivity index (χ2n) is 6.14. The summed E-state index contributed by atoms with van der Waals surface area (Å²) in [6.45, 7) is 2.43. The van der Waals surface area contributed by atoms with E-state index in [0.29, 0.717) is 11.4 Å². The maximum absolute atomic E-state index is 12.5. The van der Waals surface area contributed by atoms with Gasteiger partial charge >= 0.3 is 5.97 Å². The molecule has 8 heteroatoms.